The molecular formula is C13H11ClN4O. The second-order valence-corrected chi connectivity index (χ2v) is 4.25. The fourth-order valence-corrected chi connectivity index (χ4v) is 1.94. The van der Waals surface area contributed by atoms with Gasteiger partial charge in [0.05, 0.1) is 12.8 Å². The highest BCUT2D eigenvalue weighted by molar-refractivity contribution is 6.31. The van der Waals surface area contributed by atoms with E-state index in [1.807, 2.05) is 25.1 Å². The first-order chi connectivity index (χ1) is 9.06. The Balaban J connectivity index is 2.68. The van der Waals surface area contributed by atoms with Gasteiger partial charge in [0.25, 0.3) is 0 Å². The van der Waals surface area contributed by atoms with Crippen LogP contribution in [0.3, 0.4) is 0 Å². The highest BCUT2D eigenvalue weighted by atomic mass is 35.5. The van der Waals surface area contributed by atoms with Crippen LogP contribution in [0.15, 0.2) is 18.2 Å². The van der Waals surface area contributed by atoms with Gasteiger partial charge in [0.15, 0.2) is 5.15 Å². The van der Waals surface area contributed by atoms with Gasteiger partial charge in [-0.05, 0) is 18.6 Å². The molecule has 0 saturated carbocycles. The normalized spacial score (nSPS) is 10.0. The van der Waals surface area contributed by atoms with E-state index < -0.39 is 0 Å². The van der Waals surface area contributed by atoms with Gasteiger partial charge in [-0.15, -0.1) is 0 Å². The van der Waals surface area contributed by atoms with Gasteiger partial charge in [0.1, 0.15) is 17.4 Å². The standard InChI is InChI=1S/C13H11ClN4O/c1-7-3-4-8(5-10(7)19-2)11-9(6-15)12(14)18-13(16)17-11/h3-5H,1-2H3,(H2,16,17,18). The highest BCUT2D eigenvalue weighted by Crippen LogP contribution is 2.30. The summed E-state index contributed by atoms with van der Waals surface area (Å²) >= 11 is 5.90. The van der Waals surface area contributed by atoms with E-state index in [2.05, 4.69) is 9.97 Å². The summed E-state index contributed by atoms with van der Waals surface area (Å²) in [5, 5.41) is 9.19. The second kappa shape index (κ2) is 5.12. The van der Waals surface area contributed by atoms with Crippen LogP contribution in [-0.4, -0.2) is 17.1 Å². The van der Waals surface area contributed by atoms with Crippen molar-refractivity contribution in [3.63, 3.8) is 0 Å². The number of ether oxygens (including phenoxy) is 1. The Morgan fingerprint density at radius 3 is 2.74 bits per heavy atom. The van der Waals surface area contributed by atoms with Crippen molar-refractivity contribution in [3.8, 4) is 23.1 Å². The summed E-state index contributed by atoms with van der Waals surface area (Å²) in [5.41, 5.74) is 7.86. The van der Waals surface area contributed by atoms with Gasteiger partial charge < -0.3 is 10.5 Å². The number of rotatable bonds is 2. The van der Waals surface area contributed by atoms with Crippen LogP contribution in [0, 0.1) is 18.3 Å². The average Bonchev–Trinajstić information content (AvgIpc) is 2.38. The molecule has 0 saturated heterocycles. The van der Waals surface area contributed by atoms with Gasteiger partial charge in [-0.2, -0.15) is 10.2 Å². The lowest BCUT2D eigenvalue weighted by atomic mass is 10.1. The van der Waals surface area contributed by atoms with Crippen molar-refractivity contribution in [2.24, 2.45) is 0 Å². The van der Waals surface area contributed by atoms with Gasteiger partial charge in [-0.3, -0.25) is 0 Å². The van der Waals surface area contributed by atoms with E-state index in [1.54, 1.807) is 13.2 Å². The van der Waals surface area contributed by atoms with Crippen molar-refractivity contribution < 1.29 is 4.74 Å². The minimum Gasteiger partial charge on any atom is -0.496 e. The Labute approximate surface area is 115 Å². The summed E-state index contributed by atoms with van der Waals surface area (Å²) in [7, 11) is 1.58. The van der Waals surface area contributed by atoms with E-state index in [4.69, 9.17) is 27.3 Å². The van der Waals surface area contributed by atoms with Crippen LogP contribution in [-0.2, 0) is 0 Å². The maximum absolute atomic E-state index is 9.15. The smallest absolute Gasteiger partial charge is 0.222 e. The fourth-order valence-electron chi connectivity index (χ4n) is 1.72. The quantitative estimate of drug-likeness (QED) is 0.851. The molecule has 0 atom stereocenters. The minimum absolute atomic E-state index is 0.0264. The van der Waals surface area contributed by atoms with E-state index in [0.29, 0.717) is 17.0 Å². The molecule has 1 aromatic carbocycles. The Bertz CT molecular complexity index is 679. The van der Waals surface area contributed by atoms with Gasteiger partial charge in [-0.1, -0.05) is 23.7 Å². The second-order valence-electron chi connectivity index (χ2n) is 3.89. The minimum atomic E-state index is 0.0264. The van der Waals surface area contributed by atoms with E-state index in [9.17, 15) is 0 Å². The maximum atomic E-state index is 9.15. The first-order valence-electron chi connectivity index (χ1n) is 5.45. The van der Waals surface area contributed by atoms with Crippen LogP contribution in [0.25, 0.3) is 11.3 Å². The number of nitriles is 1. The lowest BCUT2D eigenvalue weighted by Gasteiger charge is -2.09. The van der Waals surface area contributed by atoms with Crippen molar-refractivity contribution >= 4 is 17.5 Å². The van der Waals surface area contributed by atoms with Crippen LogP contribution in [0.4, 0.5) is 5.95 Å². The zero-order valence-electron chi connectivity index (χ0n) is 10.4. The molecule has 0 amide bonds. The molecule has 1 heterocycles. The molecule has 1 aromatic heterocycles. The van der Waals surface area contributed by atoms with E-state index >= 15 is 0 Å². The molecule has 0 bridgehead atoms. The molecular weight excluding hydrogens is 264 g/mol. The molecule has 2 rings (SSSR count). The molecule has 96 valence electrons. The lowest BCUT2D eigenvalue weighted by Crippen LogP contribution is -2.01. The molecule has 0 aliphatic rings. The molecule has 19 heavy (non-hydrogen) atoms. The number of hydrogen-bond donors (Lipinski definition) is 1. The number of anilines is 1. The Hall–Kier alpha value is -2.32. The van der Waals surface area contributed by atoms with Crippen molar-refractivity contribution in [3.05, 3.63) is 34.5 Å². The lowest BCUT2D eigenvalue weighted by molar-refractivity contribution is 0.412. The third-order valence-electron chi connectivity index (χ3n) is 2.68. The first kappa shape index (κ1) is 13.1. The van der Waals surface area contributed by atoms with Gasteiger partial charge in [-0.25, -0.2) is 4.98 Å². The Morgan fingerprint density at radius 1 is 1.37 bits per heavy atom. The average molecular weight is 275 g/mol. The monoisotopic (exact) mass is 274 g/mol. The van der Waals surface area contributed by atoms with Gasteiger partial charge in [0, 0.05) is 5.56 Å². The molecule has 0 fully saturated rings. The molecule has 0 aliphatic heterocycles. The van der Waals surface area contributed by atoms with Crippen LogP contribution >= 0.6 is 11.6 Å². The topological polar surface area (TPSA) is 84.8 Å². The Morgan fingerprint density at radius 2 is 2.11 bits per heavy atom. The third-order valence-corrected chi connectivity index (χ3v) is 2.95. The van der Waals surface area contributed by atoms with E-state index in [-0.39, 0.29) is 16.7 Å². The number of aryl methyl sites for hydroxylation is 1. The van der Waals surface area contributed by atoms with Crippen LogP contribution < -0.4 is 10.5 Å². The fraction of sp³-hybridized carbons (Fsp3) is 0.154. The summed E-state index contributed by atoms with van der Waals surface area (Å²) in [6, 6.07) is 7.48. The molecule has 0 aliphatic carbocycles. The van der Waals surface area contributed by atoms with Gasteiger partial charge >= 0.3 is 0 Å². The summed E-state index contributed by atoms with van der Waals surface area (Å²) in [5.74, 6) is 0.730. The summed E-state index contributed by atoms with van der Waals surface area (Å²) < 4.78 is 5.25. The predicted molar refractivity (Wildman–Crippen MR) is 72.9 cm³/mol. The molecule has 5 nitrogen and oxygen atoms in total. The molecule has 0 spiro atoms. The number of aromatic nitrogens is 2. The van der Waals surface area contributed by atoms with Crippen molar-refractivity contribution in [1.82, 2.24) is 9.97 Å². The van der Waals surface area contributed by atoms with Crippen LogP contribution in [0.2, 0.25) is 5.15 Å². The number of benzene rings is 1. The number of nitrogens with zero attached hydrogens (tertiary/aromatic N) is 3. The van der Waals surface area contributed by atoms with E-state index in [0.717, 1.165) is 5.56 Å². The summed E-state index contributed by atoms with van der Waals surface area (Å²) in [4.78, 5) is 7.85. The maximum Gasteiger partial charge on any atom is 0.222 e. The summed E-state index contributed by atoms with van der Waals surface area (Å²) in [6.07, 6.45) is 0. The molecule has 2 N–H and O–H groups in total. The Kier molecular flexibility index (Phi) is 3.54. The third kappa shape index (κ3) is 2.44. The largest absolute Gasteiger partial charge is 0.496 e. The number of nitrogen functional groups attached to an aromatic ring is 1. The predicted octanol–water partition coefficient (Wildman–Crippen LogP) is 2.57. The molecule has 6 heteroatoms. The van der Waals surface area contributed by atoms with Crippen LogP contribution in [0.1, 0.15) is 11.1 Å². The van der Waals surface area contributed by atoms with Crippen molar-refractivity contribution in [2.75, 3.05) is 12.8 Å². The van der Waals surface area contributed by atoms with E-state index in [1.165, 1.54) is 0 Å². The highest BCUT2D eigenvalue weighted by Gasteiger charge is 2.14. The number of halogens is 1. The number of nitrogens with two attached hydrogens (primary N) is 1. The van der Waals surface area contributed by atoms with Crippen LogP contribution in [0.5, 0.6) is 5.75 Å². The zero-order valence-corrected chi connectivity index (χ0v) is 11.2. The molecule has 0 radical (unpaired) electrons. The summed E-state index contributed by atoms with van der Waals surface area (Å²) in [6.45, 7) is 1.93. The first-order valence-corrected chi connectivity index (χ1v) is 5.82. The van der Waals surface area contributed by atoms with Gasteiger partial charge in [0.2, 0.25) is 5.95 Å². The molecule has 2 aromatic rings. The molecule has 0 unspecified atom stereocenters. The number of methoxy groups -OCH3 is 1. The zero-order chi connectivity index (χ0) is 14.0. The van der Waals surface area contributed by atoms with Crippen molar-refractivity contribution in [2.45, 2.75) is 6.92 Å². The number of hydrogen-bond acceptors (Lipinski definition) is 5. The van der Waals surface area contributed by atoms with Crippen molar-refractivity contribution in [1.29, 1.82) is 5.26 Å². The SMILES string of the molecule is COc1cc(-c2nc(N)nc(Cl)c2C#N)ccc1C.